The van der Waals surface area contributed by atoms with Crippen molar-refractivity contribution in [2.24, 2.45) is 5.92 Å². The number of nitrogens with one attached hydrogen (secondary N) is 1. The van der Waals surface area contributed by atoms with Gasteiger partial charge in [0.1, 0.15) is 0 Å². The van der Waals surface area contributed by atoms with Crippen molar-refractivity contribution in [3.05, 3.63) is 0 Å². The lowest BCUT2D eigenvalue weighted by atomic mass is 9.80. The zero-order valence-electron chi connectivity index (χ0n) is 12.3. The molecule has 0 bridgehead atoms. The van der Waals surface area contributed by atoms with E-state index in [1.165, 1.54) is 0 Å². The highest BCUT2D eigenvalue weighted by Gasteiger charge is 2.31. The van der Waals surface area contributed by atoms with Crippen LogP contribution in [-0.2, 0) is 14.3 Å². The Balaban J connectivity index is 2.12. The summed E-state index contributed by atoms with van der Waals surface area (Å²) in [5.41, 5.74) is -0.904. The molecule has 5 heteroatoms. The fourth-order valence-electron chi connectivity index (χ4n) is 2.25. The van der Waals surface area contributed by atoms with Gasteiger partial charge in [-0.1, -0.05) is 0 Å². The Morgan fingerprint density at radius 2 is 2.16 bits per heavy atom. The summed E-state index contributed by atoms with van der Waals surface area (Å²) in [6.45, 7) is 5.20. The Labute approximate surface area is 115 Å². The van der Waals surface area contributed by atoms with Gasteiger partial charge in [0.15, 0.2) is 0 Å². The third-order valence-electron chi connectivity index (χ3n) is 3.58. The van der Waals surface area contributed by atoms with E-state index in [1.807, 2.05) is 6.92 Å². The molecular weight excluding hydrogens is 246 g/mol. The smallest absolute Gasteiger partial charge is 0.220 e. The molecule has 0 aromatic carbocycles. The molecule has 1 amide bonds. The van der Waals surface area contributed by atoms with Crippen LogP contribution >= 0.6 is 0 Å². The van der Waals surface area contributed by atoms with Crippen LogP contribution in [0, 0.1) is 5.92 Å². The number of ether oxygens (including phenoxy) is 2. The van der Waals surface area contributed by atoms with Gasteiger partial charge in [0.2, 0.25) is 5.91 Å². The maximum atomic E-state index is 11.7. The lowest BCUT2D eigenvalue weighted by Crippen LogP contribution is -2.43. The molecule has 1 atom stereocenters. The highest BCUT2D eigenvalue weighted by atomic mass is 16.5. The number of hydrogen-bond donors (Lipinski definition) is 2. The van der Waals surface area contributed by atoms with Gasteiger partial charge >= 0.3 is 0 Å². The molecular formula is C14H27NO4. The number of rotatable bonds is 9. The summed E-state index contributed by atoms with van der Waals surface area (Å²) in [6, 6.07) is 0. The van der Waals surface area contributed by atoms with Crippen LogP contribution in [0.25, 0.3) is 0 Å². The van der Waals surface area contributed by atoms with Crippen molar-refractivity contribution in [1.29, 1.82) is 0 Å². The molecule has 1 saturated carbocycles. The van der Waals surface area contributed by atoms with Crippen LogP contribution in [0.15, 0.2) is 0 Å². The molecule has 0 spiro atoms. The van der Waals surface area contributed by atoms with Crippen molar-refractivity contribution >= 4 is 5.91 Å². The Morgan fingerprint density at radius 3 is 2.74 bits per heavy atom. The second-order valence-corrected chi connectivity index (χ2v) is 5.64. The maximum Gasteiger partial charge on any atom is 0.220 e. The fraction of sp³-hybridized carbons (Fsp3) is 0.929. The molecule has 1 aliphatic rings. The minimum absolute atomic E-state index is 0.0117. The highest BCUT2D eigenvalue weighted by Crippen LogP contribution is 2.32. The van der Waals surface area contributed by atoms with Crippen LogP contribution in [0.4, 0.5) is 0 Å². The predicted octanol–water partition coefficient (Wildman–Crippen LogP) is 1.10. The van der Waals surface area contributed by atoms with Gasteiger partial charge in [0.25, 0.3) is 0 Å². The van der Waals surface area contributed by atoms with Gasteiger partial charge in [-0.15, -0.1) is 0 Å². The summed E-state index contributed by atoms with van der Waals surface area (Å²) in [5.74, 6) is 0.443. The summed E-state index contributed by atoms with van der Waals surface area (Å²) >= 11 is 0. The fourth-order valence-corrected chi connectivity index (χ4v) is 2.25. The molecule has 1 rings (SSSR count). The van der Waals surface area contributed by atoms with Gasteiger partial charge in [0, 0.05) is 39.7 Å². The Bertz CT molecular complexity index is 275. The van der Waals surface area contributed by atoms with E-state index in [2.05, 4.69) is 5.32 Å². The molecule has 1 aliphatic carbocycles. The Hall–Kier alpha value is -0.650. The summed E-state index contributed by atoms with van der Waals surface area (Å²) in [5, 5.41) is 12.8. The molecule has 19 heavy (non-hydrogen) atoms. The standard InChI is InChI=1S/C14H27NO4/c1-4-19-12-7-11(8-12)9-13(16)15-10-14(2,17)5-6-18-3/h11-12,17H,4-10H2,1-3H3,(H,15,16). The van der Waals surface area contributed by atoms with E-state index in [4.69, 9.17) is 9.47 Å². The van der Waals surface area contributed by atoms with E-state index in [1.54, 1.807) is 14.0 Å². The van der Waals surface area contributed by atoms with E-state index in [9.17, 15) is 9.90 Å². The van der Waals surface area contributed by atoms with E-state index in [0.29, 0.717) is 31.5 Å². The lowest BCUT2D eigenvalue weighted by Gasteiger charge is -2.34. The molecule has 1 fully saturated rings. The number of aliphatic hydroxyl groups is 1. The molecule has 5 nitrogen and oxygen atoms in total. The van der Waals surface area contributed by atoms with E-state index in [-0.39, 0.29) is 12.5 Å². The van der Waals surface area contributed by atoms with Crippen molar-refractivity contribution in [2.45, 2.75) is 51.2 Å². The zero-order chi connectivity index (χ0) is 14.3. The SMILES string of the molecule is CCOC1CC(CC(=O)NCC(C)(O)CCOC)C1. The second kappa shape index (κ2) is 7.82. The van der Waals surface area contributed by atoms with Crippen LogP contribution < -0.4 is 5.32 Å². The van der Waals surface area contributed by atoms with Crippen LogP contribution in [0.3, 0.4) is 0 Å². The average molecular weight is 273 g/mol. The van der Waals surface area contributed by atoms with E-state index < -0.39 is 5.60 Å². The highest BCUT2D eigenvalue weighted by molar-refractivity contribution is 5.76. The molecule has 0 aromatic heterocycles. The quantitative estimate of drug-likeness (QED) is 0.660. The molecule has 0 saturated heterocycles. The lowest BCUT2D eigenvalue weighted by molar-refractivity contribution is -0.125. The molecule has 0 heterocycles. The van der Waals surface area contributed by atoms with Crippen LogP contribution in [-0.4, -0.2) is 49.6 Å². The van der Waals surface area contributed by atoms with E-state index in [0.717, 1.165) is 19.4 Å². The van der Waals surface area contributed by atoms with Gasteiger partial charge in [0.05, 0.1) is 11.7 Å². The van der Waals surface area contributed by atoms with Crippen molar-refractivity contribution in [3.63, 3.8) is 0 Å². The number of carbonyl (C=O) groups is 1. The molecule has 0 aliphatic heterocycles. The Kier molecular flexibility index (Phi) is 6.75. The summed E-state index contributed by atoms with van der Waals surface area (Å²) < 4.78 is 10.4. The number of amides is 1. The van der Waals surface area contributed by atoms with Crippen molar-refractivity contribution < 1.29 is 19.4 Å². The number of hydrogen-bond acceptors (Lipinski definition) is 4. The Morgan fingerprint density at radius 1 is 1.47 bits per heavy atom. The van der Waals surface area contributed by atoms with Gasteiger partial charge in [-0.2, -0.15) is 0 Å². The van der Waals surface area contributed by atoms with Gasteiger partial charge in [-0.05, 0) is 32.6 Å². The molecule has 0 aromatic rings. The maximum absolute atomic E-state index is 11.7. The molecule has 112 valence electrons. The third kappa shape index (κ3) is 6.36. The van der Waals surface area contributed by atoms with Crippen LogP contribution in [0.1, 0.15) is 39.5 Å². The largest absolute Gasteiger partial charge is 0.388 e. The third-order valence-corrected chi connectivity index (χ3v) is 3.58. The minimum Gasteiger partial charge on any atom is -0.388 e. The summed E-state index contributed by atoms with van der Waals surface area (Å²) in [7, 11) is 1.60. The first-order valence-electron chi connectivity index (χ1n) is 7.06. The second-order valence-electron chi connectivity index (χ2n) is 5.64. The first-order valence-corrected chi connectivity index (χ1v) is 7.06. The number of carbonyl (C=O) groups excluding carboxylic acids is 1. The molecule has 0 radical (unpaired) electrons. The average Bonchev–Trinajstić information content (AvgIpc) is 2.32. The first kappa shape index (κ1) is 16.4. The summed E-state index contributed by atoms with van der Waals surface area (Å²) in [6.07, 6.45) is 3.33. The molecule has 1 unspecified atom stereocenters. The minimum atomic E-state index is -0.904. The molecule has 2 N–H and O–H groups in total. The van der Waals surface area contributed by atoms with Crippen molar-refractivity contribution in [3.8, 4) is 0 Å². The van der Waals surface area contributed by atoms with Gasteiger partial charge in [-0.25, -0.2) is 0 Å². The topological polar surface area (TPSA) is 67.8 Å². The monoisotopic (exact) mass is 273 g/mol. The van der Waals surface area contributed by atoms with Crippen LogP contribution in [0.5, 0.6) is 0 Å². The predicted molar refractivity (Wildman–Crippen MR) is 72.9 cm³/mol. The summed E-state index contributed by atoms with van der Waals surface area (Å²) in [4.78, 5) is 11.7. The zero-order valence-corrected chi connectivity index (χ0v) is 12.3. The van der Waals surface area contributed by atoms with Crippen molar-refractivity contribution in [2.75, 3.05) is 26.9 Å². The first-order chi connectivity index (χ1) is 8.96. The van der Waals surface area contributed by atoms with Crippen molar-refractivity contribution in [1.82, 2.24) is 5.32 Å². The van der Waals surface area contributed by atoms with Gasteiger partial charge in [-0.3, -0.25) is 4.79 Å². The van der Waals surface area contributed by atoms with Crippen LogP contribution in [0.2, 0.25) is 0 Å². The van der Waals surface area contributed by atoms with Gasteiger partial charge < -0.3 is 19.9 Å². The van der Waals surface area contributed by atoms with E-state index >= 15 is 0 Å². The number of methoxy groups -OCH3 is 1. The normalized spacial score (nSPS) is 25.5.